The van der Waals surface area contributed by atoms with Crippen LogP contribution in [0.4, 0.5) is 0 Å². The van der Waals surface area contributed by atoms with Crippen molar-refractivity contribution in [1.29, 1.82) is 5.41 Å². The van der Waals surface area contributed by atoms with Crippen molar-refractivity contribution < 1.29 is 0 Å². The third kappa shape index (κ3) is 4.04. The van der Waals surface area contributed by atoms with E-state index >= 15 is 0 Å². The minimum Gasteiger partial charge on any atom is -0.384 e. The highest BCUT2D eigenvalue weighted by Gasteiger charge is 2.12. The van der Waals surface area contributed by atoms with Gasteiger partial charge >= 0.3 is 0 Å². The minimum atomic E-state index is 0.156. The Labute approximate surface area is 115 Å². The first-order valence-corrected chi connectivity index (χ1v) is 7.00. The fourth-order valence-electron chi connectivity index (χ4n) is 2.61. The van der Waals surface area contributed by atoms with E-state index in [1.807, 2.05) is 18.2 Å². The lowest BCUT2D eigenvalue weighted by Crippen LogP contribution is -2.31. The van der Waals surface area contributed by atoms with Crippen molar-refractivity contribution in [1.82, 2.24) is 9.80 Å². The molecule has 4 heteroatoms. The Bertz CT molecular complexity index is 424. The van der Waals surface area contributed by atoms with Crippen molar-refractivity contribution in [2.75, 3.05) is 33.2 Å². The van der Waals surface area contributed by atoms with E-state index in [9.17, 15) is 0 Å². The average Bonchev–Trinajstić information content (AvgIpc) is 2.90. The molecule has 2 rings (SSSR count). The van der Waals surface area contributed by atoms with Gasteiger partial charge in [0.2, 0.25) is 0 Å². The van der Waals surface area contributed by atoms with Crippen LogP contribution in [0.1, 0.15) is 24.0 Å². The summed E-state index contributed by atoms with van der Waals surface area (Å²) in [6, 6.07) is 7.93. The summed E-state index contributed by atoms with van der Waals surface area (Å²) in [6.45, 7) is 5.55. The number of amidine groups is 1. The maximum Gasteiger partial charge on any atom is 0.123 e. The van der Waals surface area contributed by atoms with Gasteiger partial charge in [0.15, 0.2) is 0 Å². The maximum atomic E-state index is 7.61. The van der Waals surface area contributed by atoms with Gasteiger partial charge in [-0.05, 0) is 38.5 Å². The van der Waals surface area contributed by atoms with Gasteiger partial charge in [-0.15, -0.1) is 0 Å². The SMILES string of the molecule is CN(CCN1CCCC1)Cc1ccccc1C(=N)N. The highest BCUT2D eigenvalue weighted by atomic mass is 15.2. The molecule has 0 unspecified atom stereocenters. The van der Waals surface area contributed by atoms with Crippen LogP contribution in [0.5, 0.6) is 0 Å². The number of nitrogens with one attached hydrogen (secondary N) is 1. The second kappa shape index (κ2) is 6.68. The van der Waals surface area contributed by atoms with Gasteiger partial charge in [0.05, 0.1) is 0 Å². The van der Waals surface area contributed by atoms with E-state index in [-0.39, 0.29) is 5.84 Å². The lowest BCUT2D eigenvalue weighted by Gasteiger charge is -2.22. The molecule has 4 nitrogen and oxygen atoms in total. The molecule has 19 heavy (non-hydrogen) atoms. The molecule has 1 aromatic carbocycles. The van der Waals surface area contributed by atoms with Gasteiger partial charge in [-0.25, -0.2) is 0 Å². The first kappa shape index (κ1) is 14.0. The van der Waals surface area contributed by atoms with Crippen LogP contribution in [0.2, 0.25) is 0 Å². The van der Waals surface area contributed by atoms with Crippen molar-refractivity contribution in [3.05, 3.63) is 35.4 Å². The summed E-state index contributed by atoms with van der Waals surface area (Å²) in [5.41, 5.74) is 7.62. The van der Waals surface area contributed by atoms with Gasteiger partial charge in [-0.2, -0.15) is 0 Å². The lowest BCUT2D eigenvalue weighted by molar-refractivity contribution is 0.252. The van der Waals surface area contributed by atoms with Gasteiger partial charge < -0.3 is 15.5 Å². The van der Waals surface area contributed by atoms with Crippen molar-refractivity contribution in [2.45, 2.75) is 19.4 Å². The van der Waals surface area contributed by atoms with Gasteiger partial charge in [-0.1, -0.05) is 24.3 Å². The van der Waals surface area contributed by atoms with Crippen LogP contribution in [-0.2, 0) is 6.54 Å². The Kier molecular flexibility index (Phi) is 4.93. The quantitative estimate of drug-likeness (QED) is 0.602. The molecule has 3 N–H and O–H groups in total. The second-order valence-electron chi connectivity index (χ2n) is 5.36. The van der Waals surface area contributed by atoms with E-state index < -0.39 is 0 Å². The largest absolute Gasteiger partial charge is 0.384 e. The first-order valence-electron chi connectivity index (χ1n) is 7.00. The Morgan fingerprint density at radius 3 is 2.68 bits per heavy atom. The topological polar surface area (TPSA) is 56.4 Å². The molecule has 1 fully saturated rings. The standard InChI is InChI=1S/C15H24N4/c1-18(10-11-19-8-4-5-9-19)12-13-6-2-3-7-14(13)15(16)17/h2-3,6-7H,4-5,8-12H2,1H3,(H3,16,17). The van der Waals surface area contributed by atoms with E-state index in [4.69, 9.17) is 11.1 Å². The Morgan fingerprint density at radius 2 is 2.00 bits per heavy atom. The van der Waals surface area contributed by atoms with Crippen molar-refractivity contribution in [2.24, 2.45) is 5.73 Å². The number of nitrogens with zero attached hydrogens (tertiary/aromatic N) is 2. The van der Waals surface area contributed by atoms with Crippen LogP contribution in [0.25, 0.3) is 0 Å². The number of hydrogen-bond acceptors (Lipinski definition) is 3. The van der Waals surface area contributed by atoms with Crippen molar-refractivity contribution in [3.63, 3.8) is 0 Å². The molecule has 1 aliphatic rings. The van der Waals surface area contributed by atoms with E-state index in [2.05, 4.69) is 22.9 Å². The summed E-state index contributed by atoms with van der Waals surface area (Å²) in [7, 11) is 2.13. The number of hydrogen-bond donors (Lipinski definition) is 2. The summed E-state index contributed by atoms with van der Waals surface area (Å²) >= 11 is 0. The molecule has 1 aromatic rings. The van der Waals surface area contributed by atoms with Gasteiger partial charge in [0.25, 0.3) is 0 Å². The van der Waals surface area contributed by atoms with E-state index in [0.717, 1.165) is 30.8 Å². The molecule has 1 heterocycles. The molecule has 1 aliphatic heterocycles. The summed E-state index contributed by atoms with van der Waals surface area (Å²) in [4.78, 5) is 4.83. The first-order chi connectivity index (χ1) is 9.16. The Balaban J connectivity index is 1.87. The second-order valence-corrected chi connectivity index (χ2v) is 5.36. The molecular weight excluding hydrogens is 236 g/mol. The Hall–Kier alpha value is -1.39. The lowest BCUT2D eigenvalue weighted by atomic mass is 10.1. The molecule has 0 spiro atoms. The summed E-state index contributed by atoms with van der Waals surface area (Å²) < 4.78 is 0. The zero-order valence-corrected chi connectivity index (χ0v) is 11.7. The zero-order valence-electron chi connectivity index (χ0n) is 11.7. The van der Waals surface area contributed by atoms with Crippen LogP contribution >= 0.6 is 0 Å². The van der Waals surface area contributed by atoms with Crippen LogP contribution in [0, 0.1) is 5.41 Å². The number of likely N-dealkylation sites (N-methyl/N-ethyl adjacent to an activating group) is 1. The maximum absolute atomic E-state index is 7.61. The fourth-order valence-corrected chi connectivity index (χ4v) is 2.61. The molecule has 0 aliphatic carbocycles. The third-order valence-corrected chi connectivity index (χ3v) is 3.74. The summed E-state index contributed by atoms with van der Waals surface area (Å²) in [5.74, 6) is 0.156. The predicted octanol–water partition coefficient (Wildman–Crippen LogP) is 1.50. The van der Waals surface area contributed by atoms with Crippen LogP contribution in [0.3, 0.4) is 0 Å². The number of nitrogen functional groups attached to an aromatic ring is 1. The molecule has 104 valence electrons. The predicted molar refractivity (Wildman–Crippen MR) is 79.5 cm³/mol. The molecule has 0 atom stereocenters. The van der Waals surface area contributed by atoms with Crippen molar-refractivity contribution in [3.8, 4) is 0 Å². The number of nitrogens with two attached hydrogens (primary N) is 1. The van der Waals surface area contributed by atoms with Crippen LogP contribution < -0.4 is 5.73 Å². The normalized spacial score (nSPS) is 16.1. The molecule has 0 saturated carbocycles. The van der Waals surface area contributed by atoms with Gasteiger partial charge in [-0.3, -0.25) is 5.41 Å². The molecule has 0 aromatic heterocycles. The molecule has 1 saturated heterocycles. The molecule has 0 amide bonds. The fraction of sp³-hybridized carbons (Fsp3) is 0.533. The average molecular weight is 260 g/mol. The van der Waals surface area contributed by atoms with Crippen LogP contribution in [0.15, 0.2) is 24.3 Å². The smallest absolute Gasteiger partial charge is 0.123 e. The van der Waals surface area contributed by atoms with E-state index in [1.54, 1.807) is 0 Å². The number of benzene rings is 1. The Morgan fingerprint density at radius 1 is 1.32 bits per heavy atom. The summed E-state index contributed by atoms with van der Waals surface area (Å²) in [5, 5.41) is 7.61. The minimum absolute atomic E-state index is 0.156. The van der Waals surface area contributed by atoms with Gasteiger partial charge in [0.1, 0.15) is 5.84 Å². The molecule has 0 bridgehead atoms. The third-order valence-electron chi connectivity index (χ3n) is 3.74. The molecular formula is C15H24N4. The zero-order chi connectivity index (χ0) is 13.7. The van der Waals surface area contributed by atoms with Crippen LogP contribution in [-0.4, -0.2) is 48.9 Å². The van der Waals surface area contributed by atoms with E-state index in [1.165, 1.54) is 25.9 Å². The van der Waals surface area contributed by atoms with Crippen molar-refractivity contribution >= 4 is 5.84 Å². The molecule has 0 radical (unpaired) electrons. The number of rotatable bonds is 6. The highest BCUT2D eigenvalue weighted by molar-refractivity contribution is 5.96. The van der Waals surface area contributed by atoms with E-state index in [0.29, 0.717) is 0 Å². The monoisotopic (exact) mass is 260 g/mol. The highest BCUT2D eigenvalue weighted by Crippen LogP contribution is 2.11. The summed E-state index contributed by atoms with van der Waals surface area (Å²) in [6.07, 6.45) is 2.69. The number of likely N-dealkylation sites (tertiary alicyclic amines) is 1. The van der Waals surface area contributed by atoms with Gasteiger partial charge in [0, 0.05) is 25.2 Å².